The van der Waals surface area contributed by atoms with E-state index in [0.717, 1.165) is 22.1 Å². The van der Waals surface area contributed by atoms with Gasteiger partial charge in [-0.25, -0.2) is 9.59 Å². The van der Waals surface area contributed by atoms with Crippen molar-refractivity contribution in [2.45, 2.75) is 25.1 Å². The normalized spacial score (nSPS) is 11.7. The Hall–Kier alpha value is -4.04. The molecule has 0 aliphatic carbocycles. The molecule has 8 heteroatoms. The Labute approximate surface area is 218 Å². The number of carboxylic acid groups (broad SMARTS) is 1. The number of rotatable bonds is 11. The number of aliphatic carboxylic acids is 1. The van der Waals surface area contributed by atoms with Crippen molar-refractivity contribution in [3.63, 3.8) is 0 Å². The van der Waals surface area contributed by atoms with Crippen LogP contribution in [0.5, 0.6) is 5.75 Å². The van der Waals surface area contributed by atoms with Gasteiger partial charge >= 0.3 is 11.6 Å². The van der Waals surface area contributed by atoms with Crippen LogP contribution in [0.15, 0.2) is 88.1 Å². The van der Waals surface area contributed by atoms with E-state index in [4.69, 9.17) is 9.15 Å². The summed E-state index contributed by atoms with van der Waals surface area (Å²) in [4.78, 5) is 36.6. The Balaban J connectivity index is 1.36. The first-order chi connectivity index (χ1) is 17.9. The van der Waals surface area contributed by atoms with E-state index in [1.54, 1.807) is 18.2 Å². The van der Waals surface area contributed by atoms with Gasteiger partial charge in [-0.3, -0.25) is 4.79 Å². The fourth-order valence-electron chi connectivity index (χ4n) is 3.90. The molecule has 3 aromatic carbocycles. The SMILES string of the molecule is Cc1c(Cc2ccccc2)c(=O)oc2cc(OCC(=O)NC(CSCc3ccccc3)C(=O)O)ccc12. The second-order valence-electron chi connectivity index (χ2n) is 8.56. The van der Waals surface area contributed by atoms with Gasteiger partial charge in [0.15, 0.2) is 6.61 Å². The Morgan fingerprint density at radius 1 is 1.00 bits per heavy atom. The quantitative estimate of drug-likeness (QED) is 0.281. The monoisotopic (exact) mass is 517 g/mol. The molecule has 1 aromatic heterocycles. The van der Waals surface area contributed by atoms with Crippen molar-refractivity contribution in [1.29, 1.82) is 0 Å². The van der Waals surface area contributed by atoms with Gasteiger partial charge in [0.1, 0.15) is 17.4 Å². The summed E-state index contributed by atoms with van der Waals surface area (Å²) >= 11 is 1.43. The third-order valence-electron chi connectivity index (χ3n) is 5.88. The molecule has 1 heterocycles. The van der Waals surface area contributed by atoms with Crippen LogP contribution in [-0.2, 0) is 21.8 Å². The molecule has 1 amide bonds. The number of carbonyl (C=O) groups is 2. The molecule has 0 saturated heterocycles. The molecule has 1 atom stereocenters. The average molecular weight is 518 g/mol. The van der Waals surface area contributed by atoms with Gasteiger partial charge in [0.2, 0.25) is 0 Å². The number of hydrogen-bond acceptors (Lipinski definition) is 6. The van der Waals surface area contributed by atoms with E-state index < -0.39 is 23.5 Å². The number of carbonyl (C=O) groups excluding carboxylic acids is 1. The Morgan fingerprint density at radius 2 is 1.68 bits per heavy atom. The van der Waals surface area contributed by atoms with E-state index in [1.807, 2.05) is 67.6 Å². The van der Waals surface area contributed by atoms with E-state index >= 15 is 0 Å². The van der Waals surface area contributed by atoms with Crippen molar-refractivity contribution >= 4 is 34.6 Å². The fraction of sp³-hybridized carbons (Fsp3) is 0.207. The first kappa shape index (κ1) is 26.0. The number of benzene rings is 3. The number of hydrogen-bond donors (Lipinski definition) is 2. The summed E-state index contributed by atoms with van der Waals surface area (Å²) in [7, 11) is 0. The zero-order valence-corrected chi connectivity index (χ0v) is 21.1. The fourth-order valence-corrected chi connectivity index (χ4v) is 4.90. The minimum atomic E-state index is -1.11. The van der Waals surface area contributed by atoms with E-state index in [-0.39, 0.29) is 12.4 Å². The van der Waals surface area contributed by atoms with Crippen LogP contribution in [0.3, 0.4) is 0 Å². The highest BCUT2D eigenvalue weighted by molar-refractivity contribution is 7.98. The summed E-state index contributed by atoms with van der Waals surface area (Å²) in [6.45, 7) is 1.52. The number of amides is 1. The smallest absolute Gasteiger partial charge is 0.340 e. The zero-order valence-electron chi connectivity index (χ0n) is 20.3. The minimum Gasteiger partial charge on any atom is -0.484 e. The predicted octanol–water partition coefficient (Wildman–Crippen LogP) is 4.57. The molecule has 190 valence electrons. The summed E-state index contributed by atoms with van der Waals surface area (Å²) in [5, 5.41) is 12.8. The molecule has 7 nitrogen and oxygen atoms in total. The molecule has 37 heavy (non-hydrogen) atoms. The Morgan fingerprint density at radius 3 is 2.35 bits per heavy atom. The molecule has 0 saturated carbocycles. The maximum atomic E-state index is 12.7. The minimum absolute atomic E-state index is 0.224. The summed E-state index contributed by atoms with van der Waals surface area (Å²) in [5.74, 6) is -0.453. The van der Waals surface area contributed by atoms with E-state index in [0.29, 0.717) is 29.1 Å². The van der Waals surface area contributed by atoms with Crippen LogP contribution in [0.1, 0.15) is 22.3 Å². The molecule has 4 rings (SSSR count). The van der Waals surface area contributed by atoms with Gasteiger partial charge in [-0.15, -0.1) is 0 Å². The van der Waals surface area contributed by atoms with Crippen molar-refractivity contribution in [3.8, 4) is 5.75 Å². The van der Waals surface area contributed by atoms with E-state index in [9.17, 15) is 19.5 Å². The first-order valence-electron chi connectivity index (χ1n) is 11.8. The van der Waals surface area contributed by atoms with Crippen molar-refractivity contribution < 1.29 is 23.8 Å². The van der Waals surface area contributed by atoms with Crippen molar-refractivity contribution in [2.24, 2.45) is 0 Å². The van der Waals surface area contributed by atoms with Gasteiger partial charge in [0.25, 0.3) is 5.91 Å². The van der Waals surface area contributed by atoms with Crippen LogP contribution in [0, 0.1) is 6.92 Å². The van der Waals surface area contributed by atoms with Gasteiger partial charge in [-0.05, 0) is 35.7 Å². The van der Waals surface area contributed by atoms with Crippen LogP contribution in [-0.4, -0.2) is 35.4 Å². The van der Waals surface area contributed by atoms with Crippen LogP contribution >= 0.6 is 11.8 Å². The van der Waals surface area contributed by atoms with Crippen LogP contribution in [0.2, 0.25) is 0 Å². The summed E-state index contributed by atoms with van der Waals surface area (Å²) in [6.07, 6.45) is 0.470. The molecule has 4 aromatic rings. The van der Waals surface area contributed by atoms with E-state index in [1.165, 1.54) is 11.8 Å². The van der Waals surface area contributed by atoms with Gasteiger partial charge < -0.3 is 19.6 Å². The molecular formula is C29H27NO6S. The van der Waals surface area contributed by atoms with Crippen molar-refractivity contribution in [3.05, 3.63) is 112 Å². The summed E-state index contributed by atoms with van der Waals surface area (Å²) in [6, 6.07) is 23.4. The molecule has 0 aliphatic rings. The standard InChI is InChI=1S/C29H27NO6S/c1-19-23-13-12-22(15-26(23)36-29(34)24(19)14-20-8-4-2-5-9-20)35-16-27(31)30-25(28(32)33)18-37-17-21-10-6-3-7-11-21/h2-13,15,25H,14,16-18H2,1H3,(H,30,31)(H,32,33). The third kappa shape index (κ3) is 7.01. The number of nitrogens with one attached hydrogen (secondary N) is 1. The topological polar surface area (TPSA) is 106 Å². The average Bonchev–Trinajstić information content (AvgIpc) is 2.90. The van der Waals surface area contributed by atoms with Crippen LogP contribution in [0.25, 0.3) is 11.0 Å². The largest absolute Gasteiger partial charge is 0.484 e. The van der Waals surface area contributed by atoms with Gasteiger partial charge in [0.05, 0.1) is 0 Å². The number of carboxylic acids is 1. The van der Waals surface area contributed by atoms with Crippen molar-refractivity contribution in [1.82, 2.24) is 5.32 Å². The highest BCUT2D eigenvalue weighted by Gasteiger charge is 2.20. The molecular weight excluding hydrogens is 490 g/mol. The Bertz CT molecular complexity index is 1440. The lowest BCUT2D eigenvalue weighted by Crippen LogP contribution is -2.44. The molecule has 0 radical (unpaired) electrons. The highest BCUT2D eigenvalue weighted by Crippen LogP contribution is 2.25. The van der Waals surface area contributed by atoms with Crippen LogP contribution in [0.4, 0.5) is 0 Å². The van der Waals surface area contributed by atoms with Gasteiger partial charge in [-0.2, -0.15) is 11.8 Å². The number of aryl methyl sites for hydroxylation is 1. The molecule has 0 bridgehead atoms. The van der Waals surface area contributed by atoms with Crippen LogP contribution < -0.4 is 15.7 Å². The number of thioether (sulfide) groups is 1. The first-order valence-corrected chi connectivity index (χ1v) is 12.9. The van der Waals surface area contributed by atoms with E-state index in [2.05, 4.69) is 5.32 Å². The lowest BCUT2D eigenvalue weighted by Gasteiger charge is -2.15. The molecule has 1 unspecified atom stereocenters. The highest BCUT2D eigenvalue weighted by atomic mass is 32.2. The number of ether oxygens (including phenoxy) is 1. The Kier molecular flexibility index (Phi) is 8.64. The predicted molar refractivity (Wildman–Crippen MR) is 144 cm³/mol. The molecule has 0 spiro atoms. The van der Waals surface area contributed by atoms with Gasteiger partial charge in [0, 0.05) is 34.9 Å². The maximum absolute atomic E-state index is 12.7. The number of fused-ring (bicyclic) bond motifs is 1. The zero-order chi connectivity index (χ0) is 26.2. The third-order valence-corrected chi connectivity index (χ3v) is 6.99. The second-order valence-corrected chi connectivity index (χ2v) is 9.59. The van der Waals surface area contributed by atoms with Gasteiger partial charge in [-0.1, -0.05) is 60.7 Å². The second kappa shape index (κ2) is 12.3. The molecule has 0 fully saturated rings. The summed E-state index contributed by atoms with van der Waals surface area (Å²) in [5.41, 5.74) is 3.46. The summed E-state index contributed by atoms with van der Waals surface area (Å²) < 4.78 is 11.1. The molecule has 0 aliphatic heterocycles. The molecule has 2 N–H and O–H groups in total. The lowest BCUT2D eigenvalue weighted by atomic mass is 10.00. The maximum Gasteiger partial charge on any atom is 0.340 e. The van der Waals surface area contributed by atoms with Crippen molar-refractivity contribution in [2.75, 3.05) is 12.4 Å². The lowest BCUT2D eigenvalue weighted by molar-refractivity contribution is -0.141.